The summed E-state index contributed by atoms with van der Waals surface area (Å²) < 4.78 is 6.46. The highest BCUT2D eigenvalue weighted by Gasteiger charge is 2.58. The van der Waals surface area contributed by atoms with Gasteiger partial charge in [-0.05, 0) is 38.0 Å². The summed E-state index contributed by atoms with van der Waals surface area (Å²) in [6.45, 7) is 4.39. The van der Waals surface area contributed by atoms with Crippen LogP contribution in [0.25, 0.3) is 0 Å². The number of carbonyl (C=O) groups is 4. The number of rotatable bonds is 14. The molecular weight excluding hydrogens is 842 g/mol. The minimum atomic E-state index is -1.56. The van der Waals surface area contributed by atoms with Crippen LogP contribution in [-0.4, -0.2) is 102 Å². The number of hydrogen-bond donors (Lipinski definition) is 6. The summed E-state index contributed by atoms with van der Waals surface area (Å²) in [5.41, 5.74) is 10.2. The van der Waals surface area contributed by atoms with Gasteiger partial charge in [0.25, 0.3) is 11.8 Å². The minimum absolute atomic E-state index is 0. The Hall–Kier alpha value is -5.16. The Morgan fingerprint density at radius 1 is 1.15 bits per heavy atom. The van der Waals surface area contributed by atoms with Gasteiger partial charge in [-0.2, -0.15) is 0 Å². The minimum Gasteiger partial charge on any atom is -0.452 e. The van der Waals surface area contributed by atoms with Crippen molar-refractivity contribution in [2.24, 2.45) is 21.4 Å². The molecule has 22 heteroatoms. The number of oxime groups is 1. The Morgan fingerprint density at radius 3 is 2.44 bits per heavy atom. The first-order valence-electron chi connectivity index (χ1n) is 17.9. The number of thioether (sulfide) groups is 2. The van der Waals surface area contributed by atoms with Crippen LogP contribution in [-0.2, 0) is 28.8 Å². The van der Waals surface area contributed by atoms with Gasteiger partial charge >= 0.3 is 5.97 Å². The number of hydrazine groups is 3. The van der Waals surface area contributed by atoms with Crippen LogP contribution < -0.4 is 27.9 Å². The molecule has 1 aromatic heterocycles. The Bertz CT molecular complexity index is 2170. The molecule has 2 saturated heterocycles. The molecule has 8 N–H and O–H groups in total. The summed E-state index contributed by atoms with van der Waals surface area (Å²) in [5, 5.41) is 21.5. The van der Waals surface area contributed by atoms with Crippen molar-refractivity contribution in [3.8, 4) is 0 Å². The molecule has 7 rings (SSSR count). The summed E-state index contributed by atoms with van der Waals surface area (Å²) in [4.78, 5) is 70.5. The van der Waals surface area contributed by atoms with Gasteiger partial charge in [-0.1, -0.05) is 65.8 Å². The molecule has 2 fully saturated rings. The molecule has 59 heavy (non-hydrogen) atoms. The van der Waals surface area contributed by atoms with Gasteiger partial charge in [-0.15, -0.1) is 52.8 Å². The predicted octanol–water partition coefficient (Wildman–Crippen LogP) is 2.19. The fourth-order valence-electron chi connectivity index (χ4n) is 6.39. The first kappa shape index (κ1) is 43.4. The van der Waals surface area contributed by atoms with Crippen LogP contribution in [0, 0.1) is 5.41 Å². The van der Waals surface area contributed by atoms with Crippen molar-refractivity contribution in [2.75, 3.05) is 30.5 Å². The number of esters is 1. The maximum atomic E-state index is 14.8. The second-order valence-electron chi connectivity index (χ2n) is 14.2. The van der Waals surface area contributed by atoms with Gasteiger partial charge < -0.3 is 30.6 Å². The number of allylic oxidation sites excluding steroid dienone is 1. The second-order valence-corrected chi connectivity index (χ2v) is 17.1. The summed E-state index contributed by atoms with van der Waals surface area (Å²) >= 11 is 3.80. The van der Waals surface area contributed by atoms with Crippen LogP contribution >= 0.6 is 47.3 Å². The normalized spacial score (nSPS) is 21.3. The molecule has 0 bridgehead atoms. The van der Waals surface area contributed by atoms with Gasteiger partial charge in [-0.3, -0.25) is 29.6 Å². The zero-order valence-corrected chi connectivity index (χ0v) is 35.2. The molecule has 4 aliphatic rings. The smallest absolute Gasteiger partial charge is 0.316 e. The maximum Gasteiger partial charge on any atom is 0.316 e. The summed E-state index contributed by atoms with van der Waals surface area (Å²) in [5.74, 6) is 3.90. The molecule has 312 valence electrons. The van der Waals surface area contributed by atoms with Crippen LogP contribution in [0.15, 0.2) is 99.3 Å². The van der Waals surface area contributed by atoms with Crippen molar-refractivity contribution in [1.82, 2.24) is 36.2 Å². The van der Waals surface area contributed by atoms with Gasteiger partial charge in [0.2, 0.25) is 11.5 Å². The van der Waals surface area contributed by atoms with Gasteiger partial charge in [-0.25, -0.2) is 20.8 Å². The third kappa shape index (κ3) is 9.05. The molecule has 3 atom stereocenters. The standard InChI is InChI=1S/C37H41N11O7S3.ClH/c1-21-14-26(48-25(40-21)15-46(20-49)45-48)57-18-37(34(53)54-29(22-10-6-4-7-11-22)23-12-8-5-9-13-23)17-47-31(51)28(32(47)58-19-37)42-30(50)27(24-16-56-35(38)41-24)44-55-36(2,3)33(52)43-39;/h4-16,28-29,32,45,49H,17-20,39H2,1-3H3,(H2,38,41)(H,42,50)(H,43,52);1H/t28?,32-,37?;/m1./s1. The molecule has 18 nitrogen and oxygen atoms in total. The summed E-state index contributed by atoms with van der Waals surface area (Å²) in [6.07, 6.45) is 2.81. The van der Waals surface area contributed by atoms with E-state index in [-0.39, 0.29) is 53.7 Å². The van der Waals surface area contributed by atoms with E-state index in [2.05, 4.69) is 26.0 Å². The molecule has 0 spiro atoms. The Labute approximate surface area is 357 Å². The number of nitrogens with zero attached hydrogens (tertiary/aromatic N) is 6. The molecule has 3 amide bonds. The van der Waals surface area contributed by atoms with Crippen molar-refractivity contribution >= 4 is 87.5 Å². The number of fused-ring (bicyclic) bond motifs is 2. The molecule has 3 aromatic rings. The third-order valence-corrected chi connectivity index (χ3v) is 13.1. The molecule has 0 radical (unpaired) electrons. The van der Waals surface area contributed by atoms with Crippen LogP contribution in [0.1, 0.15) is 43.7 Å². The van der Waals surface area contributed by atoms with E-state index < -0.39 is 52.2 Å². The van der Waals surface area contributed by atoms with Crippen LogP contribution in [0.4, 0.5) is 5.13 Å². The van der Waals surface area contributed by atoms with E-state index in [1.807, 2.05) is 79.1 Å². The zero-order valence-electron chi connectivity index (χ0n) is 31.9. The van der Waals surface area contributed by atoms with Gasteiger partial charge in [0, 0.05) is 29.1 Å². The molecule has 0 aliphatic carbocycles. The number of aliphatic hydroxyl groups is 1. The van der Waals surface area contributed by atoms with E-state index in [1.165, 1.54) is 47.8 Å². The van der Waals surface area contributed by atoms with Crippen molar-refractivity contribution < 1.29 is 33.9 Å². The number of nitrogen functional groups attached to an aromatic ring is 1. The zero-order chi connectivity index (χ0) is 41.2. The number of ether oxygens (including phenoxy) is 1. The number of benzene rings is 2. The number of amides is 3. The molecule has 2 unspecified atom stereocenters. The quantitative estimate of drug-likeness (QED) is 0.0340. The average Bonchev–Trinajstić information content (AvgIpc) is 3.86. The fourth-order valence-corrected chi connectivity index (χ4v) is 9.86. The van der Waals surface area contributed by atoms with Crippen LogP contribution in [0.2, 0.25) is 0 Å². The number of aliphatic imine (C=N–C) groups is 1. The van der Waals surface area contributed by atoms with Gasteiger partial charge in [0.1, 0.15) is 29.3 Å². The topological polar surface area (TPSA) is 242 Å². The lowest BCUT2D eigenvalue weighted by atomic mass is 9.88. The van der Waals surface area contributed by atoms with Crippen molar-refractivity contribution in [3.63, 3.8) is 0 Å². The van der Waals surface area contributed by atoms with E-state index in [1.54, 1.807) is 16.1 Å². The average molecular weight is 884 g/mol. The SMILES string of the molecule is CC1=NC2=CN(CO)NN2C(SCC2(C(=O)OC(c3ccccc3)c3ccccc3)CS[C@@H]3C(NC(=O)C(=NOC(C)(C)C(=O)NN)c4csc(N)n4)C(=O)N3C2)=C1.Cl. The lowest BCUT2D eigenvalue weighted by Crippen LogP contribution is -2.74. The third-order valence-electron chi connectivity index (χ3n) is 9.54. The lowest BCUT2D eigenvalue weighted by molar-refractivity contribution is -0.164. The maximum absolute atomic E-state index is 14.8. The number of halogens is 1. The highest BCUT2D eigenvalue weighted by Crippen LogP contribution is 2.47. The molecule has 4 aliphatic heterocycles. The van der Waals surface area contributed by atoms with E-state index >= 15 is 0 Å². The van der Waals surface area contributed by atoms with Crippen molar-refractivity contribution in [1.29, 1.82) is 0 Å². The molecule has 5 heterocycles. The Morgan fingerprint density at radius 2 is 1.83 bits per heavy atom. The van der Waals surface area contributed by atoms with Gasteiger partial charge in [0.15, 0.2) is 22.8 Å². The summed E-state index contributed by atoms with van der Waals surface area (Å²) in [7, 11) is 0. The van der Waals surface area contributed by atoms with E-state index in [4.69, 9.17) is 21.2 Å². The fraction of sp³-hybridized carbons (Fsp3) is 0.324. The second kappa shape index (κ2) is 18.0. The number of β-lactam (4-membered cyclic amide) rings is 1. The number of anilines is 1. The molecular formula is C37H42ClN11O7S3. The van der Waals surface area contributed by atoms with Crippen molar-refractivity contribution in [3.05, 3.63) is 106 Å². The number of aromatic nitrogens is 1. The van der Waals surface area contributed by atoms with Crippen LogP contribution in [0.5, 0.6) is 0 Å². The van der Waals surface area contributed by atoms with E-state index in [0.717, 1.165) is 33.2 Å². The van der Waals surface area contributed by atoms with Gasteiger partial charge in [0.05, 0.1) is 11.2 Å². The number of aliphatic hydroxyl groups excluding tert-OH is 1. The highest BCUT2D eigenvalue weighted by atomic mass is 35.5. The van der Waals surface area contributed by atoms with Crippen molar-refractivity contribution in [2.45, 2.75) is 43.9 Å². The number of hydrogen-bond acceptors (Lipinski definition) is 18. The van der Waals surface area contributed by atoms with E-state index in [9.17, 15) is 24.3 Å². The number of carbonyl (C=O) groups excluding carboxylic acids is 4. The highest BCUT2D eigenvalue weighted by molar-refractivity contribution is 8.03. The monoisotopic (exact) mass is 883 g/mol. The molecule has 2 aromatic carbocycles. The Balaban J connectivity index is 0.00000585. The summed E-state index contributed by atoms with van der Waals surface area (Å²) in [6, 6.07) is 17.9. The number of nitrogens with one attached hydrogen (secondary N) is 3. The lowest BCUT2D eigenvalue weighted by Gasteiger charge is -2.54. The largest absolute Gasteiger partial charge is 0.452 e. The first-order valence-corrected chi connectivity index (χ1v) is 20.8. The number of thiazole rings is 1. The van der Waals surface area contributed by atoms with Crippen LogP contribution in [0.3, 0.4) is 0 Å². The Kier molecular flexibility index (Phi) is 13.2. The first-order chi connectivity index (χ1) is 27.8. The molecule has 0 saturated carbocycles. The predicted molar refractivity (Wildman–Crippen MR) is 227 cm³/mol. The van der Waals surface area contributed by atoms with E-state index in [0.29, 0.717) is 5.82 Å². The number of nitrogens with two attached hydrogens (primary N) is 2.